The summed E-state index contributed by atoms with van der Waals surface area (Å²) >= 11 is 0. The molecule has 0 aliphatic carbocycles. The van der Waals surface area contributed by atoms with Gasteiger partial charge < -0.3 is 15.1 Å². The number of rotatable bonds is 4. The molecule has 4 rings (SSSR count). The van der Waals surface area contributed by atoms with Crippen LogP contribution in [0.5, 0.6) is 0 Å². The average Bonchev–Trinajstić information content (AvgIpc) is 2.98. The maximum Gasteiger partial charge on any atom is 0.325 e. The number of amides is 4. The lowest BCUT2D eigenvalue weighted by molar-refractivity contribution is -0.139. The Hall–Kier alpha value is -3.42. The smallest absolute Gasteiger partial charge is 0.325 e. The molecule has 162 valence electrons. The third-order valence-corrected chi connectivity index (χ3v) is 6.02. The molecule has 0 unspecified atom stereocenters. The Bertz CT molecular complexity index is 1000. The summed E-state index contributed by atoms with van der Waals surface area (Å²) in [5, 5.41) is 2.74. The second-order valence-electron chi connectivity index (χ2n) is 8.16. The van der Waals surface area contributed by atoms with Gasteiger partial charge in [0.25, 0.3) is 5.91 Å². The molecule has 2 aliphatic heterocycles. The molecule has 0 aromatic heterocycles. The molecule has 0 spiro atoms. The summed E-state index contributed by atoms with van der Waals surface area (Å²) in [5.41, 5.74) is 1.44. The van der Waals surface area contributed by atoms with E-state index in [1.54, 1.807) is 24.0 Å². The Kier molecular flexibility index (Phi) is 5.39. The van der Waals surface area contributed by atoms with Crippen molar-refractivity contribution in [3.63, 3.8) is 0 Å². The fourth-order valence-electron chi connectivity index (χ4n) is 4.02. The standard InChI is InChI=1S/C23H25FN4O3/c1-16-3-5-17(6-4-16)23(2)21(30)28(22(31)25-23)15-20(29)27-13-11-26(12-14-27)19-9-7-18(24)8-10-19/h3-10H,11-15H2,1-2H3,(H,25,31)/t23-/m1/s1. The highest BCUT2D eigenvalue weighted by Crippen LogP contribution is 2.29. The van der Waals surface area contributed by atoms with Crippen molar-refractivity contribution < 1.29 is 18.8 Å². The molecule has 7 nitrogen and oxygen atoms in total. The zero-order valence-electron chi connectivity index (χ0n) is 17.6. The van der Waals surface area contributed by atoms with Crippen molar-refractivity contribution in [1.29, 1.82) is 0 Å². The van der Waals surface area contributed by atoms with Gasteiger partial charge in [-0.25, -0.2) is 9.18 Å². The largest absolute Gasteiger partial charge is 0.368 e. The van der Waals surface area contributed by atoms with E-state index in [0.717, 1.165) is 16.2 Å². The number of piperazine rings is 1. The van der Waals surface area contributed by atoms with Gasteiger partial charge in [-0.15, -0.1) is 0 Å². The first-order chi connectivity index (χ1) is 14.8. The van der Waals surface area contributed by atoms with Crippen LogP contribution in [0.3, 0.4) is 0 Å². The van der Waals surface area contributed by atoms with Gasteiger partial charge in [0.15, 0.2) is 0 Å². The maximum absolute atomic E-state index is 13.1. The number of aryl methyl sites for hydroxylation is 1. The van der Waals surface area contributed by atoms with E-state index in [2.05, 4.69) is 10.2 Å². The molecular formula is C23H25FN4O3. The first-order valence-electron chi connectivity index (χ1n) is 10.3. The molecule has 2 aromatic rings. The lowest BCUT2D eigenvalue weighted by Crippen LogP contribution is -2.52. The number of imide groups is 1. The quantitative estimate of drug-likeness (QED) is 0.765. The fourth-order valence-corrected chi connectivity index (χ4v) is 4.02. The summed E-state index contributed by atoms with van der Waals surface area (Å²) in [6.07, 6.45) is 0. The first kappa shape index (κ1) is 20.8. The van der Waals surface area contributed by atoms with Gasteiger partial charge in [0, 0.05) is 31.9 Å². The predicted octanol–water partition coefficient (Wildman–Crippen LogP) is 2.25. The minimum atomic E-state index is -1.19. The Labute approximate surface area is 180 Å². The van der Waals surface area contributed by atoms with E-state index in [9.17, 15) is 18.8 Å². The summed E-state index contributed by atoms with van der Waals surface area (Å²) < 4.78 is 13.1. The number of urea groups is 1. The summed E-state index contributed by atoms with van der Waals surface area (Å²) in [6, 6.07) is 13.1. The third-order valence-electron chi connectivity index (χ3n) is 6.02. The molecular weight excluding hydrogens is 399 g/mol. The van der Waals surface area contributed by atoms with E-state index in [-0.39, 0.29) is 18.3 Å². The van der Waals surface area contributed by atoms with Crippen LogP contribution in [0.15, 0.2) is 48.5 Å². The third kappa shape index (κ3) is 3.97. The number of carbonyl (C=O) groups is 3. The molecule has 4 amide bonds. The number of hydrogen-bond acceptors (Lipinski definition) is 4. The van der Waals surface area contributed by atoms with Crippen LogP contribution in [-0.4, -0.2) is 60.4 Å². The summed E-state index contributed by atoms with van der Waals surface area (Å²) in [6.45, 7) is 5.44. The number of carbonyl (C=O) groups excluding carboxylic acids is 3. The summed E-state index contributed by atoms with van der Waals surface area (Å²) in [7, 11) is 0. The van der Waals surface area contributed by atoms with Gasteiger partial charge in [-0.3, -0.25) is 14.5 Å². The van der Waals surface area contributed by atoms with Crippen LogP contribution < -0.4 is 10.2 Å². The van der Waals surface area contributed by atoms with Crippen LogP contribution in [0.4, 0.5) is 14.9 Å². The van der Waals surface area contributed by atoms with Crippen LogP contribution >= 0.6 is 0 Å². The van der Waals surface area contributed by atoms with Gasteiger partial charge >= 0.3 is 6.03 Å². The van der Waals surface area contributed by atoms with Crippen molar-refractivity contribution in [3.8, 4) is 0 Å². The van der Waals surface area contributed by atoms with Crippen molar-refractivity contribution in [2.75, 3.05) is 37.6 Å². The number of nitrogens with one attached hydrogen (secondary N) is 1. The Morgan fingerprint density at radius 2 is 1.61 bits per heavy atom. The van der Waals surface area contributed by atoms with E-state index in [1.165, 1.54) is 12.1 Å². The van der Waals surface area contributed by atoms with Crippen molar-refractivity contribution >= 4 is 23.5 Å². The number of hydrogen-bond donors (Lipinski definition) is 1. The topological polar surface area (TPSA) is 73.0 Å². The van der Waals surface area contributed by atoms with E-state index in [4.69, 9.17) is 0 Å². The molecule has 0 bridgehead atoms. The molecule has 2 aromatic carbocycles. The first-order valence-corrected chi connectivity index (χ1v) is 10.3. The zero-order valence-corrected chi connectivity index (χ0v) is 17.6. The van der Waals surface area contributed by atoms with E-state index in [1.807, 2.05) is 31.2 Å². The van der Waals surface area contributed by atoms with Crippen LogP contribution in [0.2, 0.25) is 0 Å². The van der Waals surface area contributed by atoms with E-state index in [0.29, 0.717) is 31.7 Å². The molecule has 2 fully saturated rings. The van der Waals surface area contributed by atoms with Gasteiger partial charge in [-0.1, -0.05) is 29.8 Å². The van der Waals surface area contributed by atoms with E-state index >= 15 is 0 Å². The second-order valence-corrected chi connectivity index (χ2v) is 8.16. The molecule has 2 saturated heterocycles. The summed E-state index contributed by atoms with van der Waals surface area (Å²) in [5.74, 6) is -0.987. The van der Waals surface area contributed by atoms with Crippen LogP contribution in [0.1, 0.15) is 18.1 Å². The average molecular weight is 424 g/mol. The van der Waals surface area contributed by atoms with Crippen molar-refractivity contribution in [1.82, 2.24) is 15.1 Å². The monoisotopic (exact) mass is 424 g/mol. The Morgan fingerprint density at radius 3 is 2.23 bits per heavy atom. The van der Waals surface area contributed by atoms with Crippen molar-refractivity contribution in [3.05, 3.63) is 65.5 Å². The highest BCUT2D eigenvalue weighted by atomic mass is 19.1. The zero-order chi connectivity index (χ0) is 22.2. The fraction of sp³-hybridized carbons (Fsp3) is 0.348. The lowest BCUT2D eigenvalue weighted by atomic mass is 9.91. The minimum Gasteiger partial charge on any atom is -0.368 e. The van der Waals surface area contributed by atoms with Crippen molar-refractivity contribution in [2.24, 2.45) is 0 Å². The highest BCUT2D eigenvalue weighted by molar-refractivity contribution is 6.09. The second kappa shape index (κ2) is 8.02. The minimum absolute atomic E-state index is 0.268. The number of anilines is 1. The van der Waals surface area contributed by atoms with Crippen molar-refractivity contribution in [2.45, 2.75) is 19.4 Å². The van der Waals surface area contributed by atoms with Gasteiger partial charge in [0.1, 0.15) is 17.9 Å². The Morgan fingerprint density at radius 1 is 1.00 bits per heavy atom. The molecule has 0 radical (unpaired) electrons. The Balaban J connectivity index is 1.38. The summed E-state index contributed by atoms with van der Waals surface area (Å²) in [4.78, 5) is 43.1. The van der Waals surface area contributed by atoms with Gasteiger partial charge in [0.2, 0.25) is 5.91 Å². The molecule has 0 saturated carbocycles. The van der Waals surface area contributed by atoms with Gasteiger partial charge in [-0.05, 0) is 43.7 Å². The van der Waals surface area contributed by atoms with Crippen LogP contribution in [-0.2, 0) is 15.1 Å². The van der Waals surface area contributed by atoms with Crippen LogP contribution in [0, 0.1) is 12.7 Å². The SMILES string of the molecule is Cc1ccc([C@@]2(C)NC(=O)N(CC(=O)N3CCN(c4ccc(F)cc4)CC3)C2=O)cc1. The lowest BCUT2D eigenvalue weighted by Gasteiger charge is -2.36. The normalized spacial score (nSPS) is 21.5. The molecule has 31 heavy (non-hydrogen) atoms. The highest BCUT2D eigenvalue weighted by Gasteiger charge is 2.49. The predicted molar refractivity (Wildman–Crippen MR) is 114 cm³/mol. The molecule has 8 heteroatoms. The number of halogens is 1. The molecule has 2 heterocycles. The number of nitrogens with zero attached hydrogens (tertiary/aromatic N) is 3. The van der Waals surface area contributed by atoms with Gasteiger partial charge in [0.05, 0.1) is 0 Å². The molecule has 1 atom stereocenters. The molecule has 1 N–H and O–H groups in total. The van der Waals surface area contributed by atoms with Crippen LogP contribution in [0.25, 0.3) is 0 Å². The van der Waals surface area contributed by atoms with Gasteiger partial charge in [-0.2, -0.15) is 0 Å². The maximum atomic E-state index is 13.1. The number of benzene rings is 2. The molecule has 2 aliphatic rings. The van der Waals surface area contributed by atoms with E-state index < -0.39 is 17.5 Å².